The third-order valence-electron chi connectivity index (χ3n) is 6.72. The predicted molar refractivity (Wildman–Crippen MR) is 137 cm³/mol. The molecular weight excluding hydrogens is 452 g/mol. The van der Waals surface area contributed by atoms with E-state index in [0.717, 1.165) is 57.1 Å². The molecular formula is C27H44O6S. The SMILES string of the molecule is CCCCCC(O)(COc1ccccc1)CS[C@H]1C(O)CC(O)[C@@H]1CCCCCCC(=O)OC. The summed E-state index contributed by atoms with van der Waals surface area (Å²) in [4.78, 5) is 11.2. The van der Waals surface area contributed by atoms with Crippen LogP contribution in [0.15, 0.2) is 30.3 Å². The number of hydrogen-bond acceptors (Lipinski definition) is 7. The van der Waals surface area contributed by atoms with Gasteiger partial charge in [-0.05, 0) is 37.3 Å². The minimum atomic E-state index is -0.985. The van der Waals surface area contributed by atoms with Gasteiger partial charge < -0.3 is 24.8 Å². The van der Waals surface area contributed by atoms with Gasteiger partial charge in [0.15, 0.2) is 0 Å². The highest BCUT2D eigenvalue weighted by Crippen LogP contribution is 2.40. The van der Waals surface area contributed by atoms with Crippen LogP contribution in [0.5, 0.6) is 5.75 Å². The Morgan fingerprint density at radius 3 is 2.50 bits per heavy atom. The summed E-state index contributed by atoms with van der Waals surface area (Å²) in [5, 5.41) is 32.5. The van der Waals surface area contributed by atoms with Crippen LogP contribution in [-0.4, -0.2) is 63.8 Å². The van der Waals surface area contributed by atoms with E-state index in [-0.39, 0.29) is 23.7 Å². The van der Waals surface area contributed by atoms with Gasteiger partial charge in [0, 0.05) is 23.8 Å². The molecule has 1 fully saturated rings. The Morgan fingerprint density at radius 2 is 1.79 bits per heavy atom. The van der Waals surface area contributed by atoms with Crippen molar-refractivity contribution in [2.24, 2.45) is 5.92 Å². The van der Waals surface area contributed by atoms with Crippen LogP contribution >= 0.6 is 11.8 Å². The fourth-order valence-electron chi connectivity index (χ4n) is 4.63. The van der Waals surface area contributed by atoms with Crippen LogP contribution in [-0.2, 0) is 9.53 Å². The molecule has 1 saturated carbocycles. The Morgan fingerprint density at radius 1 is 1.06 bits per heavy atom. The third kappa shape index (κ3) is 10.1. The molecule has 0 aromatic heterocycles. The Bertz CT molecular complexity index is 687. The Hall–Kier alpha value is -1.28. The highest BCUT2D eigenvalue weighted by Gasteiger charge is 2.43. The minimum Gasteiger partial charge on any atom is -0.491 e. The Labute approximate surface area is 209 Å². The topological polar surface area (TPSA) is 96.2 Å². The minimum absolute atomic E-state index is 0.00976. The van der Waals surface area contributed by atoms with Gasteiger partial charge in [0.05, 0.1) is 19.3 Å². The number of unbranched alkanes of at least 4 members (excludes halogenated alkanes) is 5. The zero-order valence-corrected chi connectivity index (χ0v) is 21.7. The van der Waals surface area contributed by atoms with Crippen molar-refractivity contribution in [3.8, 4) is 5.75 Å². The van der Waals surface area contributed by atoms with Crippen LogP contribution in [0.25, 0.3) is 0 Å². The predicted octanol–water partition coefficient (Wildman–Crippen LogP) is 4.73. The summed E-state index contributed by atoms with van der Waals surface area (Å²) in [6.45, 7) is 2.36. The molecule has 1 aromatic carbocycles. The number of esters is 1. The quantitative estimate of drug-likeness (QED) is 0.212. The molecule has 3 unspecified atom stereocenters. The van der Waals surface area contributed by atoms with Crippen LogP contribution in [0.1, 0.15) is 77.6 Å². The number of carbonyl (C=O) groups is 1. The van der Waals surface area contributed by atoms with Crippen molar-refractivity contribution in [2.75, 3.05) is 19.5 Å². The largest absolute Gasteiger partial charge is 0.491 e. The summed E-state index contributed by atoms with van der Waals surface area (Å²) >= 11 is 1.58. The van der Waals surface area contributed by atoms with E-state index in [0.29, 0.717) is 25.0 Å². The first-order valence-corrected chi connectivity index (χ1v) is 13.9. The number of rotatable bonds is 17. The van der Waals surface area contributed by atoms with E-state index >= 15 is 0 Å². The molecule has 0 saturated heterocycles. The monoisotopic (exact) mass is 496 g/mol. The second-order valence-corrected chi connectivity index (χ2v) is 10.8. The van der Waals surface area contributed by atoms with E-state index in [4.69, 9.17) is 4.74 Å². The number of hydrogen-bond donors (Lipinski definition) is 3. The average molecular weight is 497 g/mol. The summed E-state index contributed by atoms with van der Waals surface area (Å²) in [6.07, 6.45) is 8.00. The van der Waals surface area contributed by atoms with Gasteiger partial charge >= 0.3 is 5.97 Å². The highest BCUT2D eigenvalue weighted by molar-refractivity contribution is 8.00. The normalized spacial score (nSPS) is 24.0. The van der Waals surface area contributed by atoms with E-state index in [9.17, 15) is 20.1 Å². The van der Waals surface area contributed by atoms with Crippen molar-refractivity contribution in [1.29, 1.82) is 0 Å². The van der Waals surface area contributed by atoms with Gasteiger partial charge in [-0.3, -0.25) is 4.79 Å². The summed E-state index contributed by atoms with van der Waals surface area (Å²) in [6, 6.07) is 9.53. The fourth-order valence-corrected chi connectivity index (χ4v) is 6.26. The van der Waals surface area contributed by atoms with Crippen molar-refractivity contribution in [3.63, 3.8) is 0 Å². The molecule has 1 aliphatic carbocycles. The second kappa shape index (κ2) is 15.7. The number of carbonyl (C=O) groups excluding carboxylic acids is 1. The first-order chi connectivity index (χ1) is 16.4. The van der Waals surface area contributed by atoms with Crippen LogP contribution in [0.4, 0.5) is 0 Å². The number of ether oxygens (including phenoxy) is 2. The van der Waals surface area contributed by atoms with Crippen LogP contribution < -0.4 is 4.74 Å². The second-order valence-electron chi connectivity index (χ2n) is 9.62. The van der Waals surface area contributed by atoms with E-state index in [2.05, 4.69) is 11.7 Å². The number of benzene rings is 1. The van der Waals surface area contributed by atoms with Gasteiger partial charge in [-0.1, -0.05) is 63.6 Å². The van der Waals surface area contributed by atoms with Gasteiger partial charge in [-0.2, -0.15) is 11.8 Å². The van der Waals surface area contributed by atoms with Crippen molar-refractivity contribution in [3.05, 3.63) is 30.3 Å². The van der Waals surface area contributed by atoms with Crippen LogP contribution in [0.3, 0.4) is 0 Å². The maximum Gasteiger partial charge on any atom is 0.305 e. The van der Waals surface area contributed by atoms with Crippen molar-refractivity contribution < 1.29 is 29.6 Å². The highest BCUT2D eigenvalue weighted by atomic mass is 32.2. The lowest BCUT2D eigenvalue weighted by Gasteiger charge is -2.31. The van der Waals surface area contributed by atoms with Gasteiger partial charge in [0.2, 0.25) is 0 Å². The molecule has 0 bridgehead atoms. The molecule has 5 atom stereocenters. The number of methoxy groups -OCH3 is 1. The fraction of sp³-hybridized carbons (Fsp3) is 0.741. The van der Waals surface area contributed by atoms with Gasteiger partial charge in [-0.25, -0.2) is 0 Å². The lowest BCUT2D eigenvalue weighted by Crippen LogP contribution is -2.40. The lowest BCUT2D eigenvalue weighted by atomic mass is 9.97. The molecule has 0 amide bonds. The van der Waals surface area contributed by atoms with Gasteiger partial charge in [0.25, 0.3) is 0 Å². The molecule has 6 nitrogen and oxygen atoms in total. The van der Waals surface area contributed by atoms with E-state index in [1.165, 1.54) is 7.11 Å². The van der Waals surface area contributed by atoms with E-state index in [1.54, 1.807) is 11.8 Å². The summed E-state index contributed by atoms with van der Waals surface area (Å²) < 4.78 is 10.6. The standard InChI is InChI=1S/C27H44O6S/c1-3-4-12-17-27(31,19-33-21-13-8-7-9-14-21)20-34-26-22(23(28)18-24(26)29)15-10-5-6-11-16-25(30)32-2/h7-9,13-14,22-24,26,28-29,31H,3-6,10-12,15-20H2,1-2H3/t22-,23?,24?,26+,27?/m0/s1. The Kier molecular flexibility index (Phi) is 13.3. The molecule has 0 aliphatic heterocycles. The first-order valence-electron chi connectivity index (χ1n) is 12.8. The molecule has 0 heterocycles. The maximum atomic E-state index is 11.4. The number of thioether (sulfide) groups is 1. The van der Waals surface area contributed by atoms with Crippen LogP contribution in [0, 0.1) is 5.92 Å². The van der Waals surface area contributed by atoms with Crippen molar-refractivity contribution in [2.45, 2.75) is 101 Å². The lowest BCUT2D eigenvalue weighted by molar-refractivity contribution is -0.140. The van der Waals surface area contributed by atoms with E-state index < -0.39 is 17.8 Å². The summed E-state index contributed by atoms with van der Waals surface area (Å²) in [5.74, 6) is 1.04. The smallest absolute Gasteiger partial charge is 0.305 e. The molecule has 7 heteroatoms. The van der Waals surface area contributed by atoms with Crippen molar-refractivity contribution in [1.82, 2.24) is 0 Å². The molecule has 2 rings (SSSR count). The zero-order valence-electron chi connectivity index (χ0n) is 20.9. The number of para-hydroxylation sites is 1. The summed E-state index contributed by atoms with van der Waals surface area (Å²) in [7, 11) is 1.41. The third-order valence-corrected chi connectivity index (χ3v) is 8.47. The summed E-state index contributed by atoms with van der Waals surface area (Å²) in [5.41, 5.74) is -0.985. The van der Waals surface area contributed by atoms with Crippen molar-refractivity contribution >= 4 is 17.7 Å². The molecule has 34 heavy (non-hydrogen) atoms. The molecule has 0 radical (unpaired) electrons. The van der Waals surface area contributed by atoms with E-state index in [1.807, 2.05) is 30.3 Å². The van der Waals surface area contributed by atoms with Crippen LogP contribution in [0.2, 0.25) is 0 Å². The van der Waals surface area contributed by atoms with Gasteiger partial charge in [0.1, 0.15) is 18.0 Å². The molecule has 1 aromatic rings. The molecule has 3 N–H and O–H groups in total. The molecule has 194 valence electrons. The molecule has 1 aliphatic rings. The first kappa shape index (κ1) is 29.0. The number of aliphatic hydroxyl groups is 3. The Balaban J connectivity index is 1.87. The molecule has 0 spiro atoms. The zero-order chi connectivity index (χ0) is 24.8. The average Bonchev–Trinajstić information content (AvgIpc) is 3.11. The maximum absolute atomic E-state index is 11.4. The van der Waals surface area contributed by atoms with Gasteiger partial charge in [-0.15, -0.1) is 0 Å². The number of aliphatic hydroxyl groups excluding tert-OH is 2.